The first-order valence-corrected chi connectivity index (χ1v) is 11.8. The Morgan fingerprint density at radius 1 is 1.14 bits per heavy atom. The highest BCUT2D eigenvalue weighted by molar-refractivity contribution is 8.15. The first-order chi connectivity index (χ1) is 17.4. The summed E-state index contributed by atoms with van der Waals surface area (Å²) in [5.41, 5.74) is -0.599. The van der Waals surface area contributed by atoms with Crippen molar-refractivity contribution in [3.63, 3.8) is 0 Å². The number of alkyl halides is 3. The van der Waals surface area contributed by atoms with Crippen molar-refractivity contribution in [1.82, 2.24) is 5.01 Å². The molecular weight excluding hydrogens is 539 g/mol. The van der Waals surface area contributed by atoms with Gasteiger partial charge in [0, 0.05) is 5.02 Å². The van der Waals surface area contributed by atoms with E-state index in [1.807, 2.05) is 0 Å². The number of halogens is 4. The summed E-state index contributed by atoms with van der Waals surface area (Å²) in [6.45, 7) is 3.05. The van der Waals surface area contributed by atoms with Crippen molar-refractivity contribution >= 4 is 52.2 Å². The molecule has 0 saturated heterocycles. The molecule has 0 aliphatic carbocycles. The first-order valence-electron chi connectivity index (χ1n) is 10.6. The van der Waals surface area contributed by atoms with Gasteiger partial charge in [-0.2, -0.15) is 5.10 Å². The number of hydrogen-bond donors (Lipinski definition) is 0. The molecule has 37 heavy (non-hydrogen) atoms. The fourth-order valence-electron chi connectivity index (χ4n) is 3.39. The van der Waals surface area contributed by atoms with Gasteiger partial charge in [0.1, 0.15) is 11.2 Å². The summed E-state index contributed by atoms with van der Waals surface area (Å²) in [7, 11) is 1.10. The van der Waals surface area contributed by atoms with Crippen LogP contribution in [0.3, 0.4) is 0 Å². The number of nitrogens with zero attached hydrogens (tertiary/aromatic N) is 3. The molecule has 1 atom stereocenters. The minimum atomic E-state index is -4.91. The van der Waals surface area contributed by atoms with E-state index in [1.165, 1.54) is 0 Å². The SMILES string of the molecule is CCOC(=O)C1(C)CN(C(=O)N(SC(=O)OC)c2ccc(OC(F)(F)F)cc2)N=C1c1ccc(Cl)cc1. The van der Waals surface area contributed by atoms with Gasteiger partial charge in [-0.05, 0) is 55.8 Å². The van der Waals surface area contributed by atoms with Gasteiger partial charge in [0.05, 0.1) is 43.6 Å². The van der Waals surface area contributed by atoms with E-state index in [-0.39, 0.29) is 24.6 Å². The van der Waals surface area contributed by atoms with Gasteiger partial charge in [0.25, 0.3) is 0 Å². The lowest BCUT2D eigenvalue weighted by molar-refractivity contribution is -0.274. The third-order valence-corrected chi connectivity index (χ3v) is 6.20. The third kappa shape index (κ3) is 6.66. The van der Waals surface area contributed by atoms with Gasteiger partial charge in [-0.25, -0.2) is 18.9 Å². The number of ether oxygens (including phenoxy) is 3. The van der Waals surface area contributed by atoms with E-state index >= 15 is 0 Å². The number of urea groups is 1. The summed E-state index contributed by atoms with van der Waals surface area (Å²) in [5, 5.41) is 4.91. The molecule has 0 aromatic heterocycles. The molecule has 0 radical (unpaired) electrons. The number of esters is 1. The number of carbonyl (C=O) groups is 3. The van der Waals surface area contributed by atoms with E-state index in [1.54, 1.807) is 38.1 Å². The molecule has 0 saturated carbocycles. The minimum Gasteiger partial charge on any atom is -0.465 e. The quantitative estimate of drug-likeness (QED) is 0.334. The van der Waals surface area contributed by atoms with E-state index < -0.39 is 34.8 Å². The average molecular weight is 560 g/mol. The molecule has 0 N–H and O–H groups in total. The van der Waals surface area contributed by atoms with E-state index in [4.69, 9.17) is 16.3 Å². The van der Waals surface area contributed by atoms with E-state index in [0.29, 0.717) is 22.5 Å². The number of carbonyl (C=O) groups excluding carboxylic acids is 3. The lowest BCUT2D eigenvalue weighted by Crippen LogP contribution is -2.44. The Bertz CT molecular complexity index is 1190. The van der Waals surface area contributed by atoms with Crippen LogP contribution in [0.25, 0.3) is 0 Å². The van der Waals surface area contributed by atoms with Crippen molar-refractivity contribution in [2.24, 2.45) is 10.5 Å². The summed E-state index contributed by atoms with van der Waals surface area (Å²) >= 11 is 6.32. The largest absolute Gasteiger partial charge is 0.573 e. The van der Waals surface area contributed by atoms with E-state index in [9.17, 15) is 27.6 Å². The number of rotatable bonds is 5. The second kappa shape index (κ2) is 11.3. The Morgan fingerprint density at radius 3 is 2.30 bits per heavy atom. The third-order valence-electron chi connectivity index (χ3n) is 5.08. The molecule has 0 fully saturated rings. The zero-order valence-electron chi connectivity index (χ0n) is 19.7. The van der Waals surface area contributed by atoms with Gasteiger partial charge in [-0.15, -0.1) is 13.2 Å². The number of methoxy groups -OCH3 is 1. The number of hydrogen-bond acceptors (Lipinski definition) is 8. The van der Waals surface area contributed by atoms with Crippen molar-refractivity contribution in [3.8, 4) is 5.75 Å². The van der Waals surface area contributed by atoms with Gasteiger partial charge >= 0.3 is 23.7 Å². The number of hydrazone groups is 1. The lowest BCUT2D eigenvalue weighted by Gasteiger charge is -2.26. The number of amides is 2. The van der Waals surface area contributed by atoms with Crippen molar-refractivity contribution < 1.29 is 41.8 Å². The summed E-state index contributed by atoms with van der Waals surface area (Å²) in [5.74, 6) is -1.15. The van der Waals surface area contributed by atoms with Gasteiger partial charge in [-0.3, -0.25) is 4.79 Å². The lowest BCUT2D eigenvalue weighted by atomic mass is 9.82. The monoisotopic (exact) mass is 559 g/mol. The highest BCUT2D eigenvalue weighted by atomic mass is 35.5. The second-order valence-corrected chi connectivity index (χ2v) is 9.05. The summed E-state index contributed by atoms with van der Waals surface area (Å²) in [6.07, 6.45) is -4.91. The Balaban J connectivity index is 1.99. The van der Waals surface area contributed by atoms with Gasteiger partial charge < -0.3 is 14.2 Å². The van der Waals surface area contributed by atoms with Crippen LogP contribution in [0.1, 0.15) is 19.4 Å². The predicted octanol–water partition coefficient (Wildman–Crippen LogP) is 5.87. The van der Waals surface area contributed by atoms with Gasteiger partial charge in [0.2, 0.25) is 0 Å². The van der Waals surface area contributed by atoms with Crippen LogP contribution in [-0.4, -0.2) is 54.6 Å². The summed E-state index contributed by atoms with van der Waals surface area (Å²) < 4.78 is 52.2. The molecular formula is C23H21ClF3N3O6S. The van der Waals surface area contributed by atoms with Crippen LogP contribution >= 0.6 is 23.5 Å². The first kappa shape index (κ1) is 28.1. The fraction of sp³-hybridized carbons (Fsp3) is 0.304. The molecule has 198 valence electrons. The van der Waals surface area contributed by atoms with Gasteiger partial charge in [0.15, 0.2) is 0 Å². The van der Waals surface area contributed by atoms with E-state index in [2.05, 4.69) is 14.6 Å². The Hall–Kier alpha value is -3.45. The van der Waals surface area contributed by atoms with Crippen molar-refractivity contribution in [1.29, 1.82) is 0 Å². The maximum absolute atomic E-state index is 13.5. The number of benzene rings is 2. The maximum Gasteiger partial charge on any atom is 0.573 e. The van der Waals surface area contributed by atoms with Crippen molar-refractivity contribution in [3.05, 3.63) is 59.1 Å². The van der Waals surface area contributed by atoms with Crippen LogP contribution in [-0.2, 0) is 14.3 Å². The Morgan fingerprint density at radius 2 is 1.76 bits per heavy atom. The highest BCUT2D eigenvalue weighted by Crippen LogP contribution is 2.36. The van der Waals surface area contributed by atoms with Gasteiger partial charge in [-0.1, -0.05) is 23.7 Å². The smallest absolute Gasteiger partial charge is 0.465 e. The van der Waals surface area contributed by atoms with Crippen LogP contribution < -0.4 is 9.04 Å². The van der Waals surface area contributed by atoms with E-state index in [0.717, 1.165) is 40.7 Å². The molecule has 14 heteroatoms. The fourth-order valence-corrected chi connectivity index (χ4v) is 4.14. The average Bonchev–Trinajstić information content (AvgIpc) is 3.21. The summed E-state index contributed by atoms with van der Waals surface area (Å²) in [6, 6.07) is 9.86. The summed E-state index contributed by atoms with van der Waals surface area (Å²) in [4.78, 5) is 38.5. The van der Waals surface area contributed by atoms with Crippen LogP contribution in [0.5, 0.6) is 5.75 Å². The molecule has 1 aliphatic heterocycles. The molecule has 2 amide bonds. The van der Waals surface area contributed by atoms with Crippen LogP contribution in [0.4, 0.5) is 28.4 Å². The highest BCUT2D eigenvalue weighted by Gasteiger charge is 2.49. The second-order valence-electron chi connectivity index (χ2n) is 7.73. The molecule has 9 nitrogen and oxygen atoms in total. The zero-order valence-corrected chi connectivity index (χ0v) is 21.3. The normalized spacial score (nSPS) is 17.2. The predicted molar refractivity (Wildman–Crippen MR) is 130 cm³/mol. The molecule has 0 spiro atoms. The standard InChI is InChI=1S/C23H21ClF3N3O6S/c1-4-35-19(31)22(2)13-29(28-18(22)14-5-7-15(24)8-6-14)20(32)30(37-21(33)34-3)16-9-11-17(12-10-16)36-23(25,26)27/h5-12H,4,13H2,1-3H3. The molecule has 2 aromatic carbocycles. The van der Waals surface area contributed by atoms with Crippen LogP contribution in [0.15, 0.2) is 53.6 Å². The molecule has 2 aromatic rings. The Kier molecular flexibility index (Phi) is 8.59. The number of anilines is 1. The Labute approximate surface area is 219 Å². The molecule has 1 aliphatic rings. The molecule has 0 bridgehead atoms. The zero-order chi connectivity index (χ0) is 27.4. The molecule has 1 heterocycles. The topological polar surface area (TPSA) is 97.7 Å². The van der Waals surface area contributed by atoms with Crippen LogP contribution in [0.2, 0.25) is 5.02 Å². The van der Waals surface area contributed by atoms with Crippen LogP contribution in [0, 0.1) is 5.41 Å². The van der Waals surface area contributed by atoms with Crippen molar-refractivity contribution in [2.75, 3.05) is 24.6 Å². The molecule has 3 rings (SSSR count). The molecule has 1 unspecified atom stereocenters. The van der Waals surface area contributed by atoms with Crippen molar-refractivity contribution in [2.45, 2.75) is 20.2 Å². The minimum absolute atomic E-state index is 0.0305. The maximum atomic E-state index is 13.5.